The third kappa shape index (κ3) is 8.58. The van der Waals surface area contributed by atoms with Crippen molar-refractivity contribution >= 4 is 99.2 Å². The van der Waals surface area contributed by atoms with Gasteiger partial charge in [0.1, 0.15) is 0 Å². The van der Waals surface area contributed by atoms with Crippen molar-refractivity contribution in [2.24, 2.45) is 5.92 Å². The van der Waals surface area contributed by atoms with Gasteiger partial charge >= 0.3 is 0 Å². The topological polar surface area (TPSA) is 58.4 Å². The molecule has 2 unspecified atom stereocenters. The summed E-state index contributed by atoms with van der Waals surface area (Å²) in [5.41, 5.74) is 27.5. The minimum absolute atomic E-state index is 0.100. The van der Waals surface area contributed by atoms with Gasteiger partial charge in [-0.05, 0) is 170 Å². The zero-order valence-electron chi connectivity index (χ0n) is 58.8. The van der Waals surface area contributed by atoms with Gasteiger partial charge in [0.2, 0.25) is 5.95 Å². The Balaban J connectivity index is 0.646. The normalized spacial score (nSPS) is 15.4. The van der Waals surface area contributed by atoms with E-state index >= 15 is 0 Å². The van der Waals surface area contributed by atoms with Gasteiger partial charge in [0.05, 0.1) is 49.7 Å². The molecule has 19 aromatic rings. The number of para-hydroxylation sites is 4. The third-order valence-electron chi connectivity index (χ3n) is 23.9. The Hall–Kier alpha value is -13.0. The van der Waals surface area contributed by atoms with Crippen molar-refractivity contribution in [1.29, 1.82) is 0 Å². The molecule has 7 heteroatoms. The van der Waals surface area contributed by atoms with Crippen LogP contribution < -0.4 is 10.6 Å². The highest BCUT2D eigenvalue weighted by atomic mass is 15.2. The molecule has 0 saturated heterocycles. The van der Waals surface area contributed by atoms with E-state index in [9.17, 15) is 0 Å². The van der Waals surface area contributed by atoms with Gasteiger partial charge in [-0.25, -0.2) is 4.98 Å². The molecule has 14 aromatic carbocycles. The van der Waals surface area contributed by atoms with Crippen molar-refractivity contribution in [3.63, 3.8) is 0 Å². The fourth-order valence-electron chi connectivity index (χ4n) is 18.9. The Kier molecular flexibility index (Phi) is 12.5. The van der Waals surface area contributed by atoms with Crippen LogP contribution in [0.3, 0.4) is 0 Å². The van der Waals surface area contributed by atoms with Gasteiger partial charge in [0.15, 0.2) is 11.6 Å². The van der Waals surface area contributed by atoms with Crippen molar-refractivity contribution in [2.75, 3.05) is 0 Å². The number of hydrogen-bond donors (Lipinski definition) is 0. The van der Waals surface area contributed by atoms with Gasteiger partial charge in [0.25, 0.3) is 0 Å². The molecule has 22 rings (SSSR count). The number of rotatable bonds is 8. The number of benzene rings is 14. The monoisotopic (exact) mass is 1340 g/mol. The Labute approximate surface area is 606 Å². The minimum atomic E-state index is -0.109. The molecule has 0 saturated carbocycles. The van der Waals surface area contributed by atoms with Crippen LogP contribution in [0.25, 0.3) is 178 Å². The average Bonchev–Trinajstić information content (AvgIpc) is 1.61. The summed E-state index contributed by atoms with van der Waals surface area (Å²) in [6.45, 7) is 11.8. The van der Waals surface area contributed by atoms with Gasteiger partial charge in [-0.1, -0.05) is 253 Å². The fourth-order valence-corrected chi connectivity index (χ4v) is 18.9. The molecule has 7 nitrogen and oxygen atoms in total. The van der Waals surface area contributed by atoms with E-state index in [4.69, 9.17) is 15.0 Å². The number of hydrogen-bond acceptors (Lipinski definition) is 3. The number of aromatic nitrogens is 7. The van der Waals surface area contributed by atoms with E-state index in [2.05, 4.69) is 362 Å². The molecule has 0 radical (unpaired) electrons. The van der Waals surface area contributed by atoms with E-state index in [1.54, 1.807) is 0 Å². The van der Waals surface area contributed by atoms with Crippen molar-refractivity contribution < 1.29 is 0 Å². The van der Waals surface area contributed by atoms with Gasteiger partial charge in [0, 0.05) is 87.6 Å². The average molecular weight is 1340 g/mol. The van der Waals surface area contributed by atoms with Gasteiger partial charge < -0.3 is 13.7 Å². The predicted octanol–water partition coefficient (Wildman–Crippen LogP) is 22.9. The molecule has 0 fully saturated rings. The number of fused-ring (bicyclic) bond motifs is 19. The molecule has 496 valence electrons. The largest absolute Gasteiger partial charge is 0.309 e. The first kappa shape index (κ1) is 59.7. The first-order valence-corrected chi connectivity index (χ1v) is 36.8. The Bertz CT molecular complexity index is 7130. The van der Waals surface area contributed by atoms with Gasteiger partial charge in [-0.3, -0.25) is 4.57 Å². The van der Waals surface area contributed by atoms with Crippen LogP contribution in [0, 0.1) is 5.92 Å². The SMILES string of the molecule is CC1C=c2c(c3ccccc3n2-c2ccc(-c3nc(-c4ccccc4)nc(-n4c5ccccc5c5cc(-c6ccc7c(c6)c6ccccc6n7-c6ccc7c(c6)C(C)(C)c6ccccc6-7)ccc54)n3)c3ccccc23)=CC1c1ccc2c(c1)c1ccccc1n2-c1ccc2c(c1)C(C)(C)c1ccccc1-2. The third-order valence-corrected chi connectivity index (χ3v) is 23.9. The van der Waals surface area contributed by atoms with Crippen molar-refractivity contribution in [1.82, 2.24) is 33.2 Å². The molecule has 5 aromatic heterocycles. The highest BCUT2D eigenvalue weighted by Gasteiger charge is 2.38. The quantitative estimate of drug-likeness (QED) is 0.152. The maximum Gasteiger partial charge on any atom is 0.238 e. The lowest BCUT2D eigenvalue weighted by Crippen LogP contribution is -2.34. The maximum absolute atomic E-state index is 5.59. The van der Waals surface area contributed by atoms with E-state index < -0.39 is 0 Å². The smallest absolute Gasteiger partial charge is 0.238 e. The van der Waals surface area contributed by atoms with Crippen molar-refractivity contribution in [2.45, 2.75) is 51.4 Å². The molecule has 0 spiro atoms. The molecule has 0 amide bonds. The summed E-state index contributed by atoms with van der Waals surface area (Å²) >= 11 is 0. The Morgan fingerprint density at radius 2 is 0.724 bits per heavy atom. The fraction of sp³-hybridized carbons (Fsp3) is 0.0918. The van der Waals surface area contributed by atoms with E-state index in [1.165, 1.54) is 127 Å². The number of nitrogens with zero attached hydrogens (tertiary/aromatic N) is 7. The molecule has 3 aliphatic carbocycles. The van der Waals surface area contributed by atoms with Crippen LogP contribution in [0.5, 0.6) is 0 Å². The second-order valence-electron chi connectivity index (χ2n) is 30.3. The summed E-state index contributed by atoms with van der Waals surface area (Å²) in [6, 6.07) is 112. The lowest BCUT2D eigenvalue weighted by atomic mass is 9.82. The minimum Gasteiger partial charge on any atom is -0.309 e. The van der Waals surface area contributed by atoms with Crippen LogP contribution in [0.2, 0.25) is 0 Å². The summed E-state index contributed by atoms with van der Waals surface area (Å²) in [5.74, 6) is 2.08. The molecule has 0 N–H and O–H groups in total. The first-order valence-electron chi connectivity index (χ1n) is 36.8. The molecule has 3 aliphatic rings. The zero-order valence-corrected chi connectivity index (χ0v) is 58.8. The van der Waals surface area contributed by atoms with Crippen molar-refractivity contribution in [3.05, 3.63) is 342 Å². The highest BCUT2D eigenvalue weighted by Crippen LogP contribution is 2.52. The van der Waals surface area contributed by atoms with E-state index in [0.717, 1.165) is 60.5 Å². The molecular weight excluding hydrogens is 1280 g/mol. The van der Waals surface area contributed by atoms with Gasteiger partial charge in [-0.2, -0.15) is 9.97 Å². The second kappa shape index (κ2) is 22.0. The van der Waals surface area contributed by atoms with Crippen LogP contribution in [-0.2, 0) is 10.8 Å². The highest BCUT2D eigenvalue weighted by molar-refractivity contribution is 6.14. The van der Waals surface area contributed by atoms with E-state index in [0.29, 0.717) is 17.6 Å². The Morgan fingerprint density at radius 1 is 0.286 bits per heavy atom. The second-order valence-corrected chi connectivity index (χ2v) is 30.3. The van der Waals surface area contributed by atoms with Crippen LogP contribution in [0.4, 0.5) is 0 Å². The van der Waals surface area contributed by atoms with Gasteiger partial charge in [-0.15, -0.1) is 0 Å². The summed E-state index contributed by atoms with van der Waals surface area (Å²) in [5, 5.41) is 13.1. The molecule has 0 bridgehead atoms. The van der Waals surface area contributed by atoms with Crippen LogP contribution in [0.1, 0.15) is 68.4 Å². The summed E-state index contributed by atoms with van der Waals surface area (Å²) in [4.78, 5) is 16.4. The summed E-state index contributed by atoms with van der Waals surface area (Å²) in [6.07, 6.45) is 5.07. The molecule has 2 atom stereocenters. The molecule has 0 aliphatic heterocycles. The summed E-state index contributed by atoms with van der Waals surface area (Å²) < 4.78 is 9.67. The van der Waals surface area contributed by atoms with Crippen LogP contribution in [-0.4, -0.2) is 33.2 Å². The zero-order chi connectivity index (χ0) is 69.7. The molecule has 5 heterocycles. The standard InChI is InChI=1S/C98H69N7/c1-58-51-93-80(57-76(58)62-41-49-91-79(54-62)72-30-14-20-36-86(72)103(91)64-43-45-69-67-27-12-18-34-82(67)98(4,5)84(69)56-64)74-32-15-21-37-87(74)104(93)89-50-46-75(65-25-9-10-28-70(65)89)95-99-94(59-23-7-6-8-24-59)100-96(101-95)105-88-38-22-16-31-73(88)78-53-61(40-48-92(78)105)60-39-47-90-77(52-60)71-29-13-19-35-85(71)102(90)63-42-44-68-66-26-11-17-33-81(66)97(2,3)83(68)55-63/h6-58,76H,1-5H3. The molecule has 105 heavy (non-hydrogen) atoms. The molecular formula is C98H69N7. The lowest BCUT2D eigenvalue weighted by molar-refractivity contribution is 0.660. The van der Waals surface area contributed by atoms with Crippen LogP contribution in [0.15, 0.2) is 303 Å². The van der Waals surface area contributed by atoms with Crippen LogP contribution >= 0.6 is 0 Å². The summed E-state index contributed by atoms with van der Waals surface area (Å²) in [7, 11) is 0. The maximum atomic E-state index is 5.59. The first-order chi connectivity index (χ1) is 51.5. The predicted molar refractivity (Wildman–Crippen MR) is 435 cm³/mol. The van der Waals surface area contributed by atoms with E-state index in [1.807, 2.05) is 6.07 Å². The Morgan fingerprint density at radius 3 is 1.31 bits per heavy atom. The lowest BCUT2D eigenvalue weighted by Gasteiger charge is -2.23. The van der Waals surface area contributed by atoms with Crippen molar-refractivity contribution in [3.8, 4) is 79.2 Å². The van der Waals surface area contributed by atoms with E-state index in [-0.39, 0.29) is 22.7 Å².